The third-order valence-electron chi connectivity index (χ3n) is 8.96. The Hall–Kier alpha value is -2.67. The normalized spacial score (nSPS) is 25.5. The van der Waals surface area contributed by atoms with Gasteiger partial charge < -0.3 is 9.80 Å². The minimum atomic E-state index is 0.168. The van der Waals surface area contributed by atoms with Gasteiger partial charge in [-0.25, -0.2) is 0 Å². The number of hydrogen-bond acceptors (Lipinski definition) is 4. The number of aryl methyl sites for hydroxylation is 1. The summed E-state index contributed by atoms with van der Waals surface area (Å²) < 4.78 is 1.90. The smallest absolute Gasteiger partial charge is 0.254 e. The van der Waals surface area contributed by atoms with Gasteiger partial charge in [0.2, 0.25) is 5.91 Å². The van der Waals surface area contributed by atoms with Crippen molar-refractivity contribution in [2.75, 3.05) is 26.2 Å². The highest BCUT2D eigenvalue weighted by molar-refractivity contribution is 5.94. The van der Waals surface area contributed by atoms with E-state index >= 15 is 0 Å². The van der Waals surface area contributed by atoms with Gasteiger partial charge in [-0.15, -0.1) is 0 Å². The Bertz CT molecular complexity index is 1050. The van der Waals surface area contributed by atoms with E-state index in [0.29, 0.717) is 37.4 Å². The van der Waals surface area contributed by atoms with E-state index in [0.717, 1.165) is 37.1 Å². The lowest BCUT2D eigenvalue weighted by atomic mass is 9.69. The highest BCUT2D eigenvalue weighted by Gasteiger charge is 2.49. The molecule has 0 bridgehead atoms. The number of amides is 2. The maximum atomic E-state index is 13.8. The summed E-state index contributed by atoms with van der Waals surface area (Å²) in [5.74, 6) is 1.45. The van der Waals surface area contributed by atoms with Crippen molar-refractivity contribution in [2.24, 2.45) is 11.8 Å². The Morgan fingerprint density at radius 3 is 2.59 bits per heavy atom. The molecule has 4 atom stereocenters. The van der Waals surface area contributed by atoms with Gasteiger partial charge in [0.1, 0.15) is 0 Å². The van der Waals surface area contributed by atoms with Gasteiger partial charge in [0.05, 0.1) is 6.20 Å². The second-order valence-electron chi connectivity index (χ2n) is 11.1. The first kappa shape index (κ1) is 26.0. The summed E-state index contributed by atoms with van der Waals surface area (Å²) in [5, 5.41) is 4.35. The second-order valence-corrected chi connectivity index (χ2v) is 11.1. The maximum Gasteiger partial charge on any atom is 0.254 e. The molecule has 2 aromatic rings. The molecule has 3 saturated heterocycles. The lowest BCUT2D eigenvalue weighted by molar-refractivity contribution is -0.131. The monoisotopic (exact) mass is 505 g/mol. The van der Waals surface area contributed by atoms with Crippen molar-refractivity contribution >= 4 is 11.8 Å². The summed E-state index contributed by atoms with van der Waals surface area (Å²) in [4.78, 5) is 33.8. The molecule has 3 fully saturated rings. The average molecular weight is 506 g/mol. The molecule has 200 valence electrons. The number of carbonyl (C=O) groups excluding carboxylic acids is 2. The summed E-state index contributed by atoms with van der Waals surface area (Å²) in [6.45, 7) is 9.51. The predicted molar refractivity (Wildman–Crippen MR) is 145 cm³/mol. The summed E-state index contributed by atoms with van der Waals surface area (Å²) in [7, 11) is 0. The molecule has 0 aliphatic carbocycles. The van der Waals surface area contributed by atoms with Crippen molar-refractivity contribution in [2.45, 2.75) is 84.0 Å². The van der Waals surface area contributed by atoms with E-state index in [9.17, 15) is 9.59 Å². The standard InChI is InChI=1S/C30H43N5O2/c1-3-32(20-23-19-31-34(4-2)21-23)28(36)16-8-15-27-26-14-10-18-33-17-9-13-25(29(26)33)22-35(27)30(37)24-11-6-5-7-12-24/h5-7,11-12,19,21,25-27,29H,3-4,8-10,13-18,20,22H2,1-2H3/t25-,26+,27+,29-/m0/s1. The molecule has 1 aromatic carbocycles. The minimum absolute atomic E-state index is 0.168. The van der Waals surface area contributed by atoms with Crippen LogP contribution in [-0.2, 0) is 17.9 Å². The number of piperidine rings is 3. The van der Waals surface area contributed by atoms with E-state index in [1.54, 1.807) is 0 Å². The van der Waals surface area contributed by atoms with Crippen LogP contribution in [0.1, 0.15) is 74.7 Å². The molecule has 2 amide bonds. The zero-order valence-corrected chi connectivity index (χ0v) is 22.6. The first-order valence-corrected chi connectivity index (χ1v) is 14.5. The number of nitrogens with zero attached hydrogens (tertiary/aromatic N) is 5. The molecule has 3 aliphatic rings. The Morgan fingerprint density at radius 2 is 1.86 bits per heavy atom. The summed E-state index contributed by atoms with van der Waals surface area (Å²) >= 11 is 0. The van der Waals surface area contributed by atoms with Crippen LogP contribution >= 0.6 is 0 Å². The maximum absolute atomic E-state index is 13.8. The zero-order chi connectivity index (χ0) is 25.8. The SMILES string of the molecule is CCN(Cc1cnn(CC)c1)C(=O)CCC[C@@H]1[C@H]2CCCN3CCC[C@@H](CN1C(=O)c1ccccc1)[C@@H]23. The fourth-order valence-corrected chi connectivity index (χ4v) is 7.22. The molecule has 4 heterocycles. The molecular weight excluding hydrogens is 462 g/mol. The molecule has 3 aliphatic heterocycles. The Labute approximate surface area is 221 Å². The van der Waals surface area contributed by atoms with Crippen LogP contribution in [-0.4, -0.2) is 74.6 Å². The van der Waals surface area contributed by atoms with Crippen LogP contribution in [0.25, 0.3) is 0 Å². The van der Waals surface area contributed by atoms with Gasteiger partial charge in [0, 0.05) is 62.0 Å². The van der Waals surface area contributed by atoms with Crippen molar-refractivity contribution in [3.63, 3.8) is 0 Å². The molecule has 0 radical (unpaired) electrons. The van der Waals surface area contributed by atoms with Gasteiger partial charge in [-0.3, -0.25) is 19.2 Å². The van der Waals surface area contributed by atoms with Gasteiger partial charge in [0.15, 0.2) is 0 Å². The summed E-state index contributed by atoms with van der Waals surface area (Å²) in [6.07, 6.45) is 11.0. The molecule has 5 rings (SSSR count). The van der Waals surface area contributed by atoms with Crippen molar-refractivity contribution < 1.29 is 9.59 Å². The quantitative estimate of drug-likeness (QED) is 0.506. The molecule has 0 saturated carbocycles. The molecule has 37 heavy (non-hydrogen) atoms. The van der Waals surface area contributed by atoms with E-state index < -0.39 is 0 Å². The average Bonchev–Trinajstić information content (AvgIpc) is 3.40. The van der Waals surface area contributed by atoms with Crippen LogP contribution in [0.2, 0.25) is 0 Å². The van der Waals surface area contributed by atoms with Crippen molar-refractivity contribution in [1.29, 1.82) is 0 Å². The molecular formula is C30H43N5O2. The van der Waals surface area contributed by atoms with Crippen molar-refractivity contribution in [1.82, 2.24) is 24.5 Å². The van der Waals surface area contributed by atoms with Crippen LogP contribution in [0.5, 0.6) is 0 Å². The van der Waals surface area contributed by atoms with Gasteiger partial charge in [-0.1, -0.05) is 18.2 Å². The van der Waals surface area contributed by atoms with Crippen LogP contribution in [0, 0.1) is 11.8 Å². The summed E-state index contributed by atoms with van der Waals surface area (Å²) in [6, 6.07) is 10.6. The Balaban J connectivity index is 1.28. The van der Waals surface area contributed by atoms with E-state index in [1.807, 2.05) is 59.2 Å². The van der Waals surface area contributed by atoms with Gasteiger partial charge in [-0.05, 0) is 89.4 Å². The van der Waals surface area contributed by atoms with Crippen molar-refractivity contribution in [3.8, 4) is 0 Å². The van der Waals surface area contributed by atoms with E-state index in [-0.39, 0.29) is 17.9 Å². The molecule has 1 aromatic heterocycles. The number of aromatic nitrogens is 2. The number of likely N-dealkylation sites (tertiary alicyclic amines) is 1. The number of hydrogen-bond donors (Lipinski definition) is 0. The lowest BCUT2D eigenvalue weighted by Gasteiger charge is -2.57. The lowest BCUT2D eigenvalue weighted by Crippen LogP contribution is -2.65. The topological polar surface area (TPSA) is 61.7 Å². The third kappa shape index (κ3) is 5.62. The van der Waals surface area contributed by atoms with Crippen LogP contribution in [0.4, 0.5) is 0 Å². The minimum Gasteiger partial charge on any atom is -0.339 e. The highest BCUT2D eigenvalue weighted by Crippen LogP contribution is 2.43. The highest BCUT2D eigenvalue weighted by atomic mass is 16.2. The first-order valence-electron chi connectivity index (χ1n) is 14.5. The fourth-order valence-electron chi connectivity index (χ4n) is 7.22. The molecule has 7 heteroatoms. The largest absolute Gasteiger partial charge is 0.339 e. The van der Waals surface area contributed by atoms with E-state index in [4.69, 9.17) is 0 Å². The third-order valence-corrected chi connectivity index (χ3v) is 8.96. The van der Waals surface area contributed by atoms with Crippen LogP contribution < -0.4 is 0 Å². The van der Waals surface area contributed by atoms with E-state index in [1.165, 1.54) is 38.8 Å². The van der Waals surface area contributed by atoms with Gasteiger partial charge in [0.25, 0.3) is 5.91 Å². The number of carbonyl (C=O) groups is 2. The fraction of sp³-hybridized carbons (Fsp3) is 0.633. The molecule has 7 nitrogen and oxygen atoms in total. The predicted octanol–water partition coefficient (Wildman–Crippen LogP) is 4.44. The van der Waals surface area contributed by atoms with Crippen LogP contribution in [0.3, 0.4) is 0 Å². The number of benzene rings is 1. The molecule has 0 unspecified atom stereocenters. The Morgan fingerprint density at radius 1 is 1.08 bits per heavy atom. The van der Waals surface area contributed by atoms with Crippen molar-refractivity contribution in [3.05, 3.63) is 53.9 Å². The molecule has 0 N–H and O–H groups in total. The molecule has 0 spiro atoms. The number of rotatable bonds is 9. The second kappa shape index (κ2) is 11.8. The van der Waals surface area contributed by atoms with Gasteiger partial charge >= 0.3 is 0 Å². The van der Waals surface area contributed by atoms with Crippen LogP contribution in [0.15, 0.2) is 42.7 Å². The Kier molecular flexibility index (Phi) is 8.28. The first-order chi connectivity index (χ1) is 18.1. The zero-order valence-electron chi connectivity index (χ0n) is 22.6. The summed E-state index contributed by atoms with van der Waals surface area (Å²) in [5.41, 5.74) is 1.87. The van der Waals surface area contributed by atoms with E-state index in [2.05, 4.69) is 21.8 Å². The van der Waals surface area contributed by atoms with Gasteiger partial charge in [-0.2, -0.15) is 5.10 Å².